The van der Waals surface area contributed by atoms with Gasteiger partial charge in [-0.15, -0.1) is 0 Å². The SMILES string of the molecule is CCCCO.CCCN. The van der Waals surface area contributed by atoms with Crippen molar-refractivity contribution in [2.24, 2.45) is 5.73 Å². The molecule has 0 aliphatic rings. The van der Waals surface area contributed by atoms with Gasteiger partial charge in [0.2, 0.25) is 0 Å². The van der Waals surface area contributed by atoms with Crippen LogP contribution in [0.4, 0.5) is 0 Å². The molecule has 0 aliphatic heterocycles. The van der Waals surface area contributed by atoms with Crippen LogP contribution in [0.1, 0.15) is 33.1 Å². The third kappa shape index (κ3) is 32.6. The molecule has 0 fully saturated rings. The summed E-state index contributed by atoms with van der Waals surface area (Å²) < 4.78 is 0. The minimum atomic E-state index is 0.344. The molecule has 0 bridgehead atoms. The van der Waals surface area contributed by atoms with E-state index in [9.17, 15) is 0 Å². The molecule has 0 heterocycles. The normalized spacial score (nSPS) is 8.00. The summed E-state index contributed by atoms with van der Waals surface area (Å²) in [6.45, 7) is 5.27. The van der Waals surface area contributed by atoms with E-state index < -0.39 is 0 Å². The fourth-order valence-electron chi connectivity index (χ4n) is 0.158. The third-order valence-electron chi connectivity index (χ3n) is 0.800. The van der Waals surface area contributed by atoms with E-state index in [2.05, 4.69) is 13.8 Å². The molecular weight excluding hydrogens is 114 g/mol. The monoisotopic (exact) mass is 133 g/mol. The highest BCUT2D eigenvalue weighted by molar-refractivity contribution is 4.23. The molecule has 0 rings (SSSR count). The van der Waals surface area contributed by atoms with Crippen LogP contribution in [0.15, 0.2) is 0 Å². The lowest BCUT2D eigenvalue weighted by atomic mass is 10.4. The van der Waals surface area contributed by atoms with Crippen LogP contribution in [0.2, 0.25) is 0 Å². The Bertz CT molecular complexity index is 28.1. The molecule has 0 atom stereocenters. The second kappa shape index (κ2) is 15.7. The summed E-state index contributed by atoms with van der Waals surface area (Å²) >= 11 is 0. The Morgan fingerprint density at radius 3 is 1.67 bits per heavy atom. The third-order valence-corrected chi connectivity index (χ3v) is 0.800. The van der Waals surface area contributed by atoms with Crippen LogP contribution in [0, 0.1) is 0 Å². The summed E-state index contributed by atoms with van der Waals surface area (Å²) in [5.41, 5.74) is 5.03. The van der Waals surface area contributed by atoms with Gasteiger partial charge in [-0.05, 0) is 19.4 Å². The molecule has 58 valence electrons. The predicted octanol–water partition coefficient (Wildman–Crippen LogP) is 1.13. The number of nitrogens with two attached hydrogens (primary N) is 1. The Kier molecular flexibility index (Phi) is 20.3. The first kappa shape index (κ1) is 11.7. The van der Waals surface area contributed by atoms with Gasteiger partial charge in [0.15, 0.2) is 0 Å². The van der Waals surface area contributed by atoms with Crippen molar-refractivity contribution in [3.63, 3.8) is 0 Å². The maximum atomic E-state index is 8.07. The van der Waals surface area contributed by atoms with Crippen LogP contribution < -0.4 is 5.73 Å². The van der Waals surface area contributed by atoms with Gasteiger partial charge in [-0.2, -0.15) is 0 Å². The zero-order valence-corrected chi connectivity index (χ0v) is 6.56. The van der Waals surface area contributed by atoms with Crippen molar-refractivity contribution in [2.45, 2.75) is 33.1 Å². The lowest BCUT2D eigenvalue weighted by Crippen LogP contribution is -1.93. The van der Waals surface area contributed by atoms with Gasteiger partial charge in [-0.25, -0.2) is 0 Å². The second-order valence-corrected chi connectivity index (χ2v) is 1.87. The maximum Gasteiger partial charge on any atom is 0.0430 e. The van der Waals surface area contributed by atoms with Crippen LogP contribution in [-0.2, 0) is 0 Å². The van der Waals surface area contributed by atoms with Gasteiger partial charge in [0.05, 0.1) is 0 Å². The largest absolute Gasteiger partial charge is 0.396 e. The smallest absolute Gasteiger partial charge is 0.0430 e. The lowest BCUT2D eigenvalue weighted by molar-refractivity contribution is 0.287. The van der Waals surface area contributed by atoms with E-state index in [-0.39, 0.29) is 0 Å². The molecule has 0 aromatic rings. The molecule has 0 amide bonds. The average molecular weight is 133 g/mol. The number of hydrogen-bond acceptors (Lipinski definition) is 2. The standard InChI is InChI=1S/C4H10O.C3H9N/c1-2-3-4-5;1-2-3-4/h5H,2-4H2,1H3;2-4H2,1H3. The topological polar surface area (TPSA) is 46.2 Å². The van der Waals surface area contributed by atoms with Gasteiger partial charge in [0, 0.05) is 6.61 Å². The summed E-state index contributed by atoms with van der Waals surface area (Å²) in [4.78, 5) is 0. The number of rotatable bonds is 3. The molecule has 9 heavy (non-hydrogen) atoms. The Labute approximate surface area is 58.1 Å². The highest BCUT2D eigenvalue weighted by Crippen LogP contribution is 1.78. The molecule has 3 N–H and O–H groups in total. The molecule has 0 aromatic heterocycles. The molecule has 0 saturated carbocycles. The zero-order valence-electron chi connectivity index (χ0n) is 6.56. The van der Waals surface area contributed by atoms with Gasteiger partial charge in [0.1, 0.15) is 0 Å². The quantitative estimate of drug-likeness (QED) is 0.606. The van der Waals surface area contributed by atoms with Crippen LogP contribution in [0.3, 0.4) is 0 Å². The zero-order chi connectivity index (χ0) is 7.54. The molecule has 0 radical (unpaired) electrons. The Hall–Kier alpha value is -0.0800. The molecule has 0 spiro atoms. The van der Waals surface area contributed by atoms with E-state index in [1.165, 1.54) is 0 Å². The van der Waals surface area contributed by atoms with Crippen molar-refractivity contribution in [2.75, 3.05) is 13.2 Å². The first-order valence-electron chi connectivity index (χ1n) is 3.64. The lowest BCUT2D eigenvalue weighted by Gasteiger charge is -1.79. The highest BCUT2D eigenvalue weighted by Gasteiger charge is 1.69. The van der Waals surface area contributed by atoms with E-state index in [1.807, 2.05) is 0 Å². The highest BCUT2D eigenvalue weighted by atomic mass is 16.2. The predicted molar refractivity (Wildman–Crippen MR) is 41.3 cm³/mol. The van der Waals surface area contributed by atoms with Crippen LogP contribution >= 0.6 is 0 Å². The van der Waals surface area contributed by atoms with Crippen molar-refractivity contribution < 1.29 is 5.11 Å². The second-order valence-electron chi connectivity index (χ2n) is 1.87. The molecular formula is C7H19NO. The minimum Gasteiger partial charge on any atom is -0.396 e. The van der Waals surface area contributed by atoms with E-state index in [0.717, 1.165) is 25.8 Å². The maximum absolute atomic E-state index is 8.07. The van der Waals surface area contributed by atoms with Crippen molar-refractivity contribution in [3.05, 3.63) is 0 Å². The van der Waals surface area contributed by atoms with Gasteiger partial charge in [0.25, 0.3) is 0 Å². The van der Waals surface area contributed by atoms with Gasteiger partial charge in [-0.1, -0.05) is 20.3 Å². The summed E-state index contributed by atoms with van der Waals surface area (Å²) in [5, 5.41) is 8.07. The van der Waals surface area contributed by atoms with E-state index in [4.69, 9.17) is 10.8 Å². The average Bonchev–Trinajstić information content (AvgIpc) is 1.91. The molecule has 2 nitrogen and oxygen atoms in total. The molecule has 0 saturated heterocycles. The van der Waals surface area contributed by atoms with Crippen molar-refractivity contribution in [3.8, 4) is 0 Å². The Balaban J connectivity index is 0. The first-order valence-corrected chi connectivity index (χ1v) is 3.64. The van der Waals surface area contributed by atoms with E-state index >= 15 is 0 Å². The van der Waals surface area contributed by atoms with Crippen molar-refractivity contribution in [1.29, 1.82) is 0 Å². The van der Waals surface area contributed by atoms with Crippen molar-refractivity contribution in [1.82, 2.24) is 0 Å². The fourth-order valence-corrected chi connectivity index (χ4v) is 0.158. The summed E-state index contributed by atoms with van der Waals surface area (Å²) in [6.07, 6.45) is 3.14. The number of unbranched alkanes of at least 4 members (excludes halogenated alkanes) is 1. The van der Waals surface area contributed by atoms with Gasteiger partial charge in [-0.3, -0.25) is 0 Å². The minimum absolute atomic E-state index is 0.344. The van der Waals surface area contributed by atoms with Gasteiger partial charge < -0.3 is 10.8 Å². The number of aliphatic hydroxyl groups is 1. The summed E-state index contributed by atoms with van der Waals surface area (Å²) in [7, 11) is 0. The van der Waals surface area contributed by atoms with Crippen LogP contribution in [0.5, 0.6) is 0 Å². The molecule has 2 heteroatoms. The fraction of sp³-hybridized carbons (Fsp3) is 1.00. The molecule has 0 aliphatic carbocycles. The van der Waals surface area contributed by atoms with Crippen LogP contribution in [0.25, 0.3) is 0 Å². The Morgan fingerprint density at radius 1 is 1.22 bits per heavy atom. The summed E-state index contributed by atoms with van der Waals surface area (Å²) in [5.74, 6) is 0. The summed E-state index contributed by atoms with van der Waals surface area (Å²) in [6, 6.07) is 0. The van der Waals surface area contributed by atoms with Crippen LogP contribution in [-0.4, -0.2) is 18.3 Å². The molecule has 0 unspecified atom stereocenters. The first-order chi connectivity index (χ1) is 4.33. The van der Waals surface area contributed by atoms with E-state index in [0.29, 0.717) is 6.61 Å². The van der Waals surface area contributed by atoms with E-state index in [1.54, 1.807) is 0 Å². The molecule has 0 aromatic carbocycles. The number of hydrogen-bond donors (Lipinski definition) is 2. The van der Waals surface area contributed by atoms with Crippen molar-refractivity contribution >= 4 is 0 Å². The number of aliphatic hydroxyl groups excluding tert-OH is 1. The Morgan fingerprint density at radius 2 is 1.67 bits per heavy atom. The van der Waals surface area contributed by atoms with Gasteiger partial charge >= 0.3 is 0 Å².